The molecule has 8 heteroatoms. The minimum atomic E-state index is -0.658. The van der Waals surface area contributed by atoms with Crippen molar-refractivity contribution < 1.29 is 19.1 Å². The maximum absolute atomic E-state index is 13.0. The molecular formula is C27H38ClN3O4. The third-order valence-electron chi connectivity index (χ3n) is 6.33. The van der Waals surface area contributed by atoms with E-state index in [1.165, 1.54) is 0 Å². The lowest BCUT2D eigenvalue weighted by Crippen LogP contribution is -2.50. The maximum Gasteiger partial charge on any atom is 0.242 e. The van der Waals surface area contributed by atoms with E-state index in [1.54, 1.807) is 7.11 Å². The van der Waals surface area contributed by atoms with E-state index in [9.17, 15) is 9.59 Å². The van der Waals surface area contributed by atoms with Gasteiger partial charge in [0.2, 0.25) is 11.8 Å². The first-order valence-corrected chi connectivity index (χ1v) is 12.2. The Morgan fingerprint density at radius 3 is 2.43 bits per heavy atom. The Morgan fingerprint density at radius 2 is 1.74 bits per heavy atom. The molecule has 2 aromatic carbocycles. The number of methoxy groups -OCH3 is 1. The van der Waals surface area contributed by atoms with Crippen molar-refractivity contribution in [3.05, 3.63) is 60.2 Å². The highest BCUT2D eigenvalue weighted by molar-refractivity contribution is 5.88. The van der Waals surface area contributed by atoms with E-state index in [4.69, 9.17) is 15.2 Å². The van der Waals surface area contributed by atoms with Crippen LogP contribution in [-0.4, -0.2) is 44.7 Å². The molecule has 0 aromatic heterocycles. The summed E-state index contributed by atoms with van der Waals surface area (Å²) in [4.78, 5) is 26.0. The molecule has 0 spiro atoms. The first-order chi connectivity index (χ1) is 16.6. The fourth-order valence-corrected chi connectivity index (χ4v) is 4.31. The number of nitrogens with one attached hydrogen (secondary N) is 2. The van der Waals surface area contributed by atoms with Gasteiger partial charge in [-0.05, 0) is 74.4 Å². The second-order valence-corrected chi connectivity index (χ2v) is 8.92. The Hall–Kier alpha value is -2.61. The highest BCUT2D eigenvalue weighted by atomic mass is 35.5. The lowest BCUT2D eigenvalue weighted by Gasteiger charge is -2.28. The van der Waals surface area contributed by atoms with E-state index in [1.807, 2.05) is 54.6 Å². The molecule has 1 aliphatic rings. The maximum atomic E-state index is 13.0. The number of benzene rings is 2. The molecule has 1 aliphatic carbocycles. The van der Waals surface area contributed by atoms with Crippen LogP contribution in [0.4, 0.5) is 0 Å². The lowest BCUT2D eigenvalue weighted by molar-refractivity contribution is -0.131. The normalized spacial score (nSPS) is 18.1. The smallest absolute Gasteiger partial charge is 0.242 e. The Labute approximate surface area is 214 Å². The number of carbonyl (C=O) groups excluding carboxylic acids is 2. The van der Waals surface area contributed by atoms with Crippen molar-refractivity contribution in [1.82, 2.24) is 10.6 Å². The molecule has 0 bridgehead atoms. The molecule has 1 saturated carbocycles. The molecule has 3 rings (SSSR count). The monoisotopic (exact) mass is 503 g/mol. The second-order valence-electron chi connectivity index (χ2n) is 8.92. The summed E-state index contributed by atoms with van der Waals surface area (Å²) in [5, 5.41) is 5.96. The van der Waals surface area contributed by atoms with Gasteiger partial charge in [0.25, 0.3) is 0 Å². The molecule has 4 N–H and O–H groups in total. The lowest BCUT2D eigenvalue weighted by atomic mass is 9.81. The van der Waals surface area contributed by atoms with E-state index in [0.29, 0.717) is 44.2 Å². The molecule has 2 amide bonds. The van der Waals surface area contributed by atoms with Crippen LogP contribution >= 0.6 is 12.4 Å². The van der Waals surface area contributed by atoms with Crippen molar-refractivity contribution in [3.8, 4) is 11.5 Å². The van der Waals surface area contributed by atoms with Gasteiger partial charge < -0.3 is 25.8 Å². The van der Waals surface area contributed by atoms with Crippen LogP contribution in [0.25, 0.3) is 0 Å². The number of halogens is 1. The average molecular weight is 504 g/mol. The van der Waals surface area contributed by atoms with Crippen molar-refractivity contribution in [2.75, 3.05) is 26.8 Å². The standard InChI is InChI=1S/C27H37N3O4.ClH/c1-33-16-6-15-29-27(32)25(30-26(31)22-13-11-20(19-28)12-14-22)18-21-7-5-10-24(17-21)34-23-8-3-2-4-9-23;/h2-5,7-10,17,20,22,25H,6,11-16,18-19,28H2,1H3,(H,29,32)(H,30,31);1H. The van der Waals surface area contributed by atoms with Crippen molar-refractivity contribution in [2.45, 2.75) is 44.6 Å². The molecule has 1 fully saturated rings. The van der Waals surface area contributed by atoms with Gasteiger partial charge >= 0.3 is 0 Å². The van der Waals surface area contributed by atoms with Crippen molar-refractivity contribution in [3.63, 3.8) is 0 Å². The largest absolute Gasteiger partial charge is 0.457 e. The predicted octanol–water partition coefficient (Wildman–Crippen LogP) is 3.85. The van der Waals surface area contributed by atoms with Crippen LogP contribution in [0.5, 0.6) is 11.5 Å². The third kappa shape index (κ3) is 9.51. The van der Waals surface area contributed by atoms with E-state index < -0.39 is 6.04 Å². The Bertz CT molecular complexity index is 904. The number of hydrogen-bond acceptors (Lipinski definition) is 5. The molecule has 0 heterocycles. The van der Waals surface area contributed by atoms with Crippen LogP contribution < -0.4 is 21.1 Å². The summed E-state index contributed by atoms with van der Waals surface area (Å²) >= 11 is 0. The van der Waals surface area contributed by atoms with E-state index in [2.05, 4.69) is 10.6 Å². The fourth-order valence-electron chi connectivity index (χ4n) is 4.31. The Balaban J connectivity index is 0.00000432. The van der Waals surface area contributed by atoms with Crippen LogP contribution in [0.2, 0.25) is 0 Å². The third-order valence-corrected chi connectivity index (χ3v) is 6.33. The zero-order valence-electron chi connectivity index (χ0n) is 20.4. The molecule has 1 atom stereocenters. The molecule has 35 heavy (non-hydrogen) atoms. The number of carbonyl (C=O) groups is 2. The summed E-state index contributed by atoms with van der Waals surface area (Å²) < 4.78 is 11.0. The van der Waals surface area contributed by atoms with Gasteiger partial charge in [-0.25, -0.2) is 0 Å². The van der Waals surface area contributed by atoms with Crippen molar-refractivity contribution >= 4 is 24.2 Å². The number of amides is 2. The summed E-state index contributed by atoms with van der Waals surface area (Å²) in [6.07, 6.45) is 4.65. The molecule has 7 nitrogen and oxygen atoms in total. The van der Waals surface area contributed by atoms with E-state index in [0.717, 1.165) is 37.0 Å². The molecule has 0 radical (unpaired) electrons. The molecular weight excluding hydrogens is 466 g/mol. The van der Waals surface area contributed by atoms with Gasteiger partial charge in [0.15, 0.2) is 0 Å². The number of nitrogens with two attached hydrogens (primary N) is 1. The quantitative estimate of drug-likeness (QED) is 0.382. The first kappa shape index (κ1) is 28.6. The molecule has 0 saturated heterocycles. The van der Waals surface area contributed by atoms with Gasteiger partial charge in [-0.15, -0.1) is 12.4 Å². The molecule has 1 unspecified atom stereocenters. The van der Waals surface area contributed by atoms with Crippen LogP contribution in [0, 0.1) is 11.8 Å². The van der Waals surface area contributed by atoms with Crippen LogP contribution in [-0.2, 0) is 20.7 Å². The van der Waals surface area contributed by atoms with Crippen LogP contribution in [0.3, 0.4) is 0 Å². The van der Waals surface area contributed by atoms with Gasteiger partial charge in [-0.2, -0.15) is 0 Å². The summed E-state index contributed by atoms with van der Waals surface area (Å²) in [5.74, 6) is 1.62. The average Bonchev–Trinajstić information content (AvgIpc) is 2.87. The fraction of sp³-hybridized carbons (Fsp3) is 0.481. The minimum Gasteiger partial charge on any atom is -0.457 e. The molecule has 192 valence electrons. The molecule has 2 aromatic rings. The summed E-state index contributed by atoms with van der Waals surface area (Å²) in [5.41, 5.74) is 6.70. The second kappa shape index (κ2) is 15.4. The number of hydrogen-bond donors (Lipinski definition) is 3. The van der Waals surface area contributed by atoms with Crippen LogP contribution in [0.15, 0.2) is 54.6 Å². The molecule has 0 aliphatic heterocycles. The highest BCUT2D eigenvalue weighted by Gasteiger charge is 2.29. The summed E-state index contributed by atoms with van der Waals surface area (Å²) in [6.45, 7) is 1.74. The van der Waals surface area contributed by atoms with E-state index >= 15 is 0 Å². The predicted molar refractivity (Wildman–Crippen MR) is 140 cm³/mol. The number of para-hydroxylation sites is 1. The van der Waals surface area contributed by atoms with Crippen molar-refractivity contribution in [2.24, 2.45) is 17.6 Å². The van der Waals surface area contributed by atoms with Gasteiger partial charge in [-0.1, -0.05) is 30.3 Å². The number of rotatable bonds is 12. The highest BCUT2D eigenvalue weighted by Crippen LogP contribution is 2.28. The van der Waals surface area contributed by atoms with E-state index in [-0.39, 0.29) is 30.1 Å². The SMILES string of the molecule is COCCCNC(=O)C(Cc1cccc(Oc2ccccc2)c1)NC(=O)C1CCC(CN)CC1.Cl. The van der Waals surface area contributed by atoms with Crippen LogP contribution in [0.1, 0.15) is 37.7 Å². The first-order valence-electron chi connectivity index (χ1n) is 12.2. The van der Waals surface area contributed by atoms with Gasteiger partial charge in [0.05, 0.1) is 0 Å². The Morgan fingerprint density at radius 1 is 1.03 bits per heavy atom. The summed E-state index contributed by atoms with van der Waals surface area (Å²) in [6, 6.07) is 16.5. The summed E-state index contributed by atoms with van der Waals surface area (Å²) in [7, 11) is 1.63. The zero-order chi connectivity index (χ0) is 24.2. The van der Waals surface area contributed by atoms with Gasteiger partial charge in [-0.3, -0.25) is 9.59 Å². The minimum absolute atomic E-state index is 0. The van der Waals surface area contributed by atoms with Gasteiger partial charge in [0.1, 0.15) is 17.5 Å². The zero-order valence-corrected chi connectivity index (χ0v) is 21.2. The topological polar surface area (TPSA) is 103 Å². The number of ether oxygens (including phenoxy) is 2. The van der Waals surface area contributed by atoms with Crippen molar-refractivity contribution in [1.29, 1.82) is 0 Å². The van der Waals surface area contributed by atoms with Gasteiger partial charge in [0, 0.05) is 32.6 Å². The Kier molecular flexibility index (Phi) is 12.6.